The van der Waals surface area contributed by atoms with E-state index < -0.39 is 5.82 Å². The molecule has 1 amide bonds. The van der Waals surface area contributed by atoms with Crippen LogP contribution in [0.4, 0.5) is 4.39 Å². The number of ether oxygens (including phenoxy) is 1. The van der Waals surface area contributed by atoms with Crippen molar-refractivity contribution in [1.29, 1.82) is 0 Å². The molecule has 1 fully saturated rings. The second-order valence-electron chi connectivity index (χ2n) is 6.78. The molecule has 1 saturated heterocycles. The Bertz CT molecular complexity index is 1020. The number of halogens is 1. The smallest absolute Gasteiger partial charge is 0.254 e. The zero-order chi connectivity index (χ0) is 19.7. The second kappa shape index (κ2) is 7.42. The minimum absolute atomic E-state index is 0.238. The maximum atomic E-state index is 13.9. The Balaban J connectivity index is 1.61. The van der Waals surface area contributed by atoms with Gasteiger partial charge < -0.3 is 14.2 Å². The van der Waals surface area contributed by atoms with Crippen molar-refractivity contribution in [2.45, 2.75) is 25.8 Å². The van der Waals surface area contributed by atoms with E-state index >= 15 is 0 Å². The molecule has 0 spiro atoms. The molecule has 1 atom stereocenters. The number of aryl methyl sites for hydroxylation is 1. The van der Waals surface area contributed by atoms with Gasteiger partial charge in [-0.05, 0) is 49.6 Å². The molecule has 1 aromatic heterocycles. The van der Waals surface area contributed by atoms with E-state index in [1.165, 1.54) is 6.07 Å². The number of carbonyl (C=O) groups is 1. The third-order valence-corrected chi connectivity index (χ3v) is 5.01. The lowest BCUT2D eigenvalue weighted by Crippen LogP contribution is -2.30. The Morgan fingerprint density at radius 2 is 2.11 bits per heavy atom. The summed E-state index contributed by atoms with van der Waals surface area (Å²) in [6, 6.07) is 11.6. The van der Waals surface area contributed by atoms with Crippen LogP contribution in [0.25, 0.3) is 11.4 Å². The predicted octanol–water partition coefficient (Wildman–Crippen LogP) is 4.17. The number of benzene rings is 2. The fourth-order valence-electron chi connectivity index (χ4n) is 3.47. The van der Waals surface area contributed by atoms with Gasteiger partial charge in [0.15, 0.2) is 0 Å². The van der Waals surface area contributed by atoms with Crippen molar-refractivity contribution in [1.82, 2.24) is 15.0 Å². The Hall–Kier alpha value is -3.22. The Labute approximate surface area is 161 Å². The normalized spacial score (nSPS) is 16.4. The molecule has 3 aromatic rings. The van der Waals surface area contributed by atoms with E-state index in [0.29, 0.717) is 41.6 Å². The molecule has 0 saturated carbocycles. The van der Waals surface area contributed by atoms with Crippen LogP contribution in [-0.2, 0) is 0 Å². The van der Waals surface area contributed by atoms with Crippen molar-refractivity contribution in [2.24, 2.45) is 0 Å². The van der Waals surface area contributed by atoms with Gasteiger partial charge in [0.05, 0.1) is 12.7 Å². The van der Waals surface area contributed by atoms with Crippen LogP contribution in [0.5, 0.6) is 5.75 Å². The van der Waals surface area contributed by atoms with Gasteiger partial charge in [-0.1, -0.05) is 23.4 Å². The van der Waals surface area contributed by atoms with Crippen molar-refractivity contribution in [3.8, 4) is 17.1 Å². The molecule has 4 rings (SSSR count). The fraction of sp³-hybridized carbons (Fsp3) is 0.286. The van der Waals surface area contributed by atoms with Gasteiger partial charge in [-0.2, -0.15) is 4.98 Å². The standard InChI is InChI=1S/C21H20FN3O3/c1-13-9-10-14(12-16(13)22)21(26)25-11-5-7-17(25)20-23-19(24-28-20)15-6-3-4-8-18(15)27-2/h3-4,6,8-10,12,17H,5,7,11H2,1-2H3/t17-/m1/s1. The van der Waals surface area contributed by atoms with Crippen LogP contribution in [0.1, 0.15) is 40.7 Å². The monoisotopic (exact) mass is 381 g/mol. The number of hydrogen-bond donors (Lipinski definition) is 0. The summed E-state index contributed by atoms with van der Waals surface area (Å²) in [6.45, 7) is 2.23. The molecule has 2 aromatic carbocycles. The van der Waals surface area contributed by atoms with Crippen molar-refractivity contribution in [3.05, 3.63) is 65.3 Å². The van der Waals surface area contributed by atoms with E-state index in [1.807, 2.05) is 24.3 Å². The number of aromatic nitrogens is 2. The number of amides is 1. The van der Waals surface area contributed by atoms with Crippen molar-refractivity contribution >= 4 is 5.91 Å². The first-order valence-electron chi connectivity index (χ1n) is 9.12. The summed E-state index contributed by atoms with van der Waals surface area (Å²) in [5.74, 6) is 0.799. The third-order valence-electron chi connectivity index (χ3n) is 5.01. The molecule has 1 aliphatic rings. The van der Waals surface area contributed by atoms with Gasteiger partial charge in [0.25, 0.3) is 5.91 Å². The van der Waals surface area contributed by atoms with Gasteiger partial charge in [0, 0.05) is 12.1 Å². The van der Waals surface area contributed by atoms with E-state index in [0.717, 1.165) is 12.0 Å². The minimum Gasteiger partial charge on any atom is -0.496 e. The number of para-hydroxylation sites is 1. The first kappa shape index (κ1) is 18.2. The molecule has 7 heteroatoms. The van der Waals surface area contributed by atoms with Crippen molar-refractivity contribution in [2.75, 3.05) is 13.7 Å². The first-order valence-corrected chi connectivity index (χ1v) is 9.12. The summed E-state index contributed by atoms with van der Waals surface area (Å²) >= 11 is 0. The lowest BCUT2D eigenvalue weighted by Gasteiger charge is -2.22. The summed E-state index contributed by atoms with van der Waals surface area (Å²) in [6.07, 6.45) is 1.53. The molecule has 0 radical (unpaired) electrons. The Morgan fingerprint density at radius 3 is 2.89 bits per heavy atom. The summed E-state index contributed by atoms with van der Waals surface area (Å²) in [5, 5.41) is 4.07. The van der Waals surface area contributed by atoms with Gasteiger partial charge in [0.1, 0.15) is 17.6 Å². The Kier molecular flexibility index (Phi) is 4.81. The SMILES string of the molecule is COc1ccccc1-c1noc([C@H]2CCCN2C(=O)c2ccc(C)c(F)c2)n1. The van der Waals surface area contributed by atoms with Gasteiger partial charge in [-0.3, -0.25) is 4.79 Å². The summed E-state index contributed by atoms with van der Waals surface area (Å²) in [4.78, 5) is 19.1. The second-order valence-corrected chi connectivity index (χ2v) is 6.78. The highest BCUT2D eigenvalue weighted by atomic mass is 19.1. The van der Waals surface area contributed by atoms with Gasteiger partial charge >= 0.3 is 0 Å². The lowest BCUT2D eigenvalue weighted by molar-refractivity contribution is 0.0709. The van der Waals surface area contributed by atoms with Crippen LogP contribution in [0.15, 0.2) is 47.0 Å². The van der Waals surface area contributed by atoms with E-state index in [-0.39, 0.29) is 11.9 Å². The Morgan fingerprint density at radius 1 is 1.29 bits per heavy atom. The largest absolute Gasteiger partial charge is 0.496 e. The van der Waals surface area contributed by atoms with Gasteiger partial charge in [-0.15, -0.1) is 0 Å². The average Bonchev–Trinajstić information content (AvgIpc) is 3.38. The lowest BCUT2D eigenvalue weighted by atomic mass is 10.1. The molecular weight excluding hydrogens is 361 g/mol. The molecule has 28 heavy (non-hydrogen) atoms. The zero-order valence-corrected chi connectivity index (χ0v) is 15.7. The topological polar surface area (TPSA) is 68.5 Å². The number of rotatable bonds is 4. The molecule has 0 bridgehead atoms. The van der Waals surface area contributed by atoms with Crippen LogP contribution in [0, 0.1) is 12.7 Å². The number of hydrogen-bond acceptors (Lipinski definition) is 5. The first-order chi connectivity index (χ1) is 13.6. The number of likely N-dealkylation sites (tertiary alicyclic amines) is 1. The van der Waals surface area contributed by atoms with Crippen LogP contribution < -0.4 is 4.74 Å². The molecular formula is C21H20FN3O3. The van der Waals surface area contributed by atoms with Crippen LogP contribution in [0.2, 0.25) is 0 Å². The summed E-state index contributed by atoms with van der Waals surface area (Å²) < 4.78 is 24.7. The number of carbonyl (C=O) groups excluding carboxylic acids is 1. The highest BCUT2D eigenvalue weighted by Crippen LogP contribution is 2.34. The zero-order valence-electron chi connectivity index (χ0n) is 15.7. The van der Waals surface area contributed by atoms with E-state index in [4.69, 9.17) is 9.26 Å². The number of methoxy groups -OCH3 is 1. The molecule has 144 valence electrons. The van der Waals surface area contributed by atoms with E-state index in [9.17, 15) is 9.18 Å². The molecule has 0 N–H and O–H groups in total. The van der Waals surface area contributed by atoms with Crippen LogP contribution in [0.3, 0.4) is 0 Å². The highest BCUT2D eigenvalue weighted by molar-refractivity contribution is 5.94. The quantitative estimate of drug-likeness (QED) is 0.678. The number of nitrogens with zero attached hydrogens (tertiary/aromatic N) is 3. The van der Waals surface area contributed by atoms with Crippen molar-refractivity contribution < 1.29 is 18.4 Å². The fourth-order valence-corrected chi connectivity index (χ4v) is 3.47. The average molecular weight is 381 g/mol. The summed E-state index contributed by atoms with van der Waals surface area (Å²) in [5.41, 5.74) is 1.55. The third kappa shape index (κ3) is 3.24. The van der Waals surface area contributed by atoms with Gasteiger partial charge in [-0.25, -0.2) is 4.39 Å². The molecule has 6 nitrogen and oxygen atoms in total. The molecule has 0 unspecified atom stereocenters. The van der Waals surface area contributed by atoms with Crippen molar-refractivity contribution in [3.63, 3.8) is 0 Å². The van der Waals surface area contributed by atoms with E-state index in [1.54, 1.807) is 31.1 Å². The molecule has 0 aliphatic carbocycles. The van der Waals surface area contributed by atoms with Gasteiger partial charge in [0.2, 0.25) is 11.7 Å². The molecule has 1 aliphatic heterocycles. The maximum Gasteiger partial charge on any atom is 0.254 e. The molecule has 2 heterocycles. The highest BCUT2D eigenvalue weighted by Gasteiger charge is 2.35. The maximum absolute atomic E-state index is 13.9. The van der Waals surface area contributed by atoms with Crippen LogP contribution >= 0.6 is 0 Å². The summed E-state index contributed by atoms with van der Waals surface area (Å²) in [7, 11) is 1.58. The van der Waals surface area contributed by atoms with Crippen LogP contribution in [-0.4, -0.2) is 34.6 Å². The van der Waals surface area contributed by atoms with E-state index in [2.05, 4.69) is 10.1 Å². The minimum atomic E-state index is -0.391. The predicted molar refractivity (Wildman–Crippen MR) is 100 cm³/mol.